The lowest BCUT2D eigenvalue weighted by atomic mass is 10.2. The molecule has 1 N–H and O–H groups in total. The molecule has 2 atom stereocenters. The topological polar surface area (TPSA) is 55.4 Å². The van der Waals surface area contributed by atoms with Gasteiger partial charge in [0.2, 0.25) is 0 Å². The largest absolute Gasteiger partial charge is 0.361 e. The van der Waals surface area contributed by atoms with E-state index < -0.39 is 9.84 Å². The van der Waals surface area contributed by atoms with E-state index in [4.69, 9.17) is 4.74 Å². The van der Waals surface area contributed by atoms with E-state index in [9.17, 15) is 8.42 Å². The van der Waals surface area contributed by atoms with Crippen LogP contribution in [0.3, 0.4) is 0 Å². The third-order valence-electron chi connectivity index (χ3n) is 2.46. The zero-order valence-electron chi connectivity index (χ0n) is 6.82. The van der Waals surface area contributed by atoms with Crippen molar-refractivity contribution in [3.05, 3.63) is 0 Å². The molecule has 0 bridgehead atoms. The molecule has 70 valence electrons. The molecule has 2 fully saturated rings. The third kappa shape index (κ3) is 1.36. The summed E-state index contributed by atoms with van der Waals surface area (Å²) in [4.78, 5) is 0. The van der Waals surface area contributed by atoms with E-state index in [0.717, 1.165) is 19.4 Å². The van der Waals surface area contributed by atoms with Crippen LogP contribution in [0.25, 0.3) is 0 Å². The van der Waals surface area contributed by atoms with Gasteiger partial charge in [0.25, 0.3) is 0 Å². The first kappa shape index (κ1) is 8.47. The second-order valence-electron chi connectivity index (χ2n) is 3.29. The standard InChI is InChI=1S/C7H13NO3S/c9-12(10)5-1-2-6(12)7-8-3-4-11-7/h6-8H,1-5H2. The van der Waals surface area contributed by atoms with Gasteiger partial charge in [-0.25, -0.2) is 8.42 Å². The minimum absolute atomic E-state index is 0.238. The molecule has 0 spiro atoms. The Morgan fingerprint density at radius 2 is 2.25 bits per heavy atom. The zero-order valence-corrected chi connectivity index (χ0v) is 7.64. The molecule has 12 heavy (non-hydrogen) atoms. The monoisotopic (exact) mass is 191 g/mol. The summed E-state index contributed by atoms with van der Waals surface area (Å²) in [6.07, 6.45) is 1.30. The summed E-state index contributed by atoms with van der Waals surface area (Å²) in [5, 5.41) is 2.76. The molecular weight excluding hydrogens is 178 g/mol. The van der Waals surface area contributed by atoms with Crippen molar-refractivity contribution in [3.63, 3.8) is 0 Å². The van der Waals surface area contributed by atoms with Crippen LogP contribution in [0.4, 0.5) is 0 Å². The number of rotatable bonds is 1. The lowest BCUT2D eigenvalue weighted by Gasteiger charge is -2.16. The molecule has 0 radical (unpaired) electrons. The van der Waals surface area contributed by atoms with Gasteiger partial charge in [-0.2, -0.15) is 0 Å². The first-order valence-corrected chi connectivity index (χ1v) is 5.98. The molecule has 2 heterocycles. The Morgan fingerprint density at radius 3 is 2.75 bits per heavy atom. The fourth-order valence-corrected chi connectivity index (χ4v) is 3.79. The van der Waals surface area contributed by atoms with Crippen LogP contribution in [0.2, 0.25) is 0 Å². The average Bonchev–Trinajstić information content (AvgIpc) is 2.55. The van der Waals surface area contributed by atoms with E-state index in [1.54, 1.807) is 0 Å². The van der Waals surface area contributed by atoms with Gasteiger partial charge in [0, 0.05) is 6.54 Å². The van der Waals surface area contributed by atoms with E-state index in [2.05, 4.69) is 5.32 Å². The van der Waals surface area contributed by atoms with Crippen molar-refractivity contribution in [3.8, 4) is 0 Å². The summed E-state index contributed by atoms with van der Waals surface area (Å²) < 4.78 is 28.1. The molecule has 2 rings (SSSR count). The minimum Gasteiger partial charge on any atom is -0.361 e. The van der Waals surface area contributed by atoms with Gasteiger partial charge in [0.1, 0.15) is 11.5 Å². The predicted octanol–water partition coefficient (Wildman–Crippen LogP) is -0.490. The highest BCUT2D eigenvalue weighted by Crippen LogP contribution is 2.24. The lowest BCUT2D eigenvalue weighted by molar-refractivity contribution is 0.0968. The predicted molar refractivity (Wildman–Crippen MR) is 44.6 cm³/mol. The van der Waals surface area contributed by atoms with Crippen molar-refractivity contribution in [1.29, 1.82) is 0 Å². The molecule has 5 heteroatoms. The molecule has 2 saturated heterocycles. The summed E-state index contributed by atoms with van der Waals surface area (Å²) in [7, 11) is -2.86. The van der Waals surface area contributed by atoms with E-state index >= 15 is 0 Å². The van der Waals surface area contributed by atoms with E-state index in [1.165, 1.54) is 0 Å². The second-order valence-corrected chi connectivity index (χ2v) is 5.63. The summed E-state index contributed by atoms with van der Waals surface area (Å²) in [5.74, 6) is 0.333. The first-order chi connectivity index (χ1) is 5.70. The Balaban J connectivity index is 2.12. The van der Waals surface area contributed by atoms with E-state index in [1.807, 2.05) is 0 Å². The smallest absolute Gasteiger partial charge is 0.157 e. The highest BCUT2D eigenvalue weighted by molar-refractivity contribution is 7.92. The molecule has 2 aliphatic heterocycles. The number of ether oxygens (including phenoxy) is 1. The van der Waals surface area contributed by atoms with Crippen molar-refractivity contribution >= 4 is 9.84 Å². The fourth-order valence-electron chi connectivity index (χ4n) is 1.84. The summed E-state index contributed by atoms with van der Waals surface area (Å²) >= 11 is 0. The molecule has 0 aromatic rings. The van der Waals surface area contributed by atoms with Gasteiger partial charge in [0.05, 0.1) is 12.4 Å². The van der Waals surface area contributed by atoms with Gasteiger partial charge in [-0.15, -0.1) is 0 Å². The Morgan fingerprint density at radius 1 is 1.42 bits per heavy atom. The van der Waals surface area contributed by atoms with Crippen LogP contribution in [0, 0.1) is 0 Å². The van der Waals surface area contributed by atoms with Gasteiger partial charge in [-0.05, 0) is 12.8 Å². The van der Waals surface area contributed by atoms with Crippen molar-refractivity contribution in [2.75, 3.05) is 18.9 Å². The molecule has 2 unspecified atom stereocenters. The van der Waals surface area contributed by atoms with Crippen LogP contribution in [0.1, 0.15) is 12.8 Å². The van der Waals surface area contributed by atoms with Crippen molar-refractivity contribution in [2.24, 2.45) is 0 Å². The molecular formula is C7H13NO3S. The summed E-state index contributed by atoms with van der Waals surface area (Å²) in [5.41, 5.74) is 0. The highest BCUT2D eigenvalue weighted by atomic mass is 32.2. The number of hydrogen-bond donors (Lipinski definition) is 1. The Bertz CT molecular complexity index is 256. The Hall–Kier alpha value is -0.130. The summed E-state index contributed by atoms with van der Waals surface area (Å²) in [6.45, 7) is 1.41. The molecule has 0 aromatic heterocycles. The van der Waals surface area contributed by atoms with E-state index in [0.29, 0.717) is 12.4 Å². The van der Waals surface area contributed by atoms with Crippen LogP contribution >= 0.6 is 0 Å². The quantitative estimate of drug-likeness (QED) is 0.607. The van der Waals surface area contributed by atoms with Crippen molar-refractivity contribution in [1.82, 2.24) is 5.32 Å². The first-order valence-electron chi connectivity index (χ1n) is 4.27. The van der Waals surface area contributed by atoms with Crippen LogP contribution in [0.15, 0.2) is 0 Å². The van der Waals surface area contributed by atoms with Crippen LogP contribution < -0.4 is 5.32 Å². The molecule has 0 saturated carbocycles. The fraction of sp³-hybridized carbons (Fsp3) is 1.00. The Kier molecular flexibility index (Phi) is 2.10. The lowest BCUT2D eigenvalue weighted by Crippen LogP contribution is -2.38. The van der Waals surface area contributed by atoms with Crippen molar-refractivity contribution < 1.29 is 13.2 Å². The third-order valence-corrected chi connectivity index (χ3v) is 4.72. The molecule has 0 aromatic carbocycles. The number of hydrogen-bond acceptors (Lipinski definition) is 4. The Labute approximate surface area is 72.2 Å². The number of nitrogens with one attached hydrogen (secondary N) is 1. The molecule has 2 aliphatic rings. The molecule has 0 amide bonds. The summed E-state index contributed by atoms with van der Waals surface area (Å²) in [6, 6.07) is 0. The normalized spacial score (nSPS) is 40.3. The van der Waals surface area contributed by atoms with Crippen LogP contribution in [0.5, 0.6) is 0 Å². The van der Waals surface area contributed by atoms with Crippen molar-refractivity contribution in [2.45, 2.75) is 24.3 Å². The molecule has 0 aliphatic carbocycles. The van der Waals surface area contributed by atoms with Crippen LogP contribution in [-0.4, -0.2) is 38.8 Å². The SMILES string of the molecule is O=S1(=O)CCCC1C1NCCO1. The molecule has 4 nitrogen and oxygen atoms in total. The van der Waals surface area contributed by atoms with E-state index in [-0.39, 0.29) is 11.5 Å². The number of sulfone groups is 1. The maximum atomic E-state index is 11.4. The minimum atomic E-state index is -2.86. The van der Waals surface area contributed by atoms with Gasteiger partial charge < -0.3 is 4.74 Å². The van der Waals surface area contributed by atoms with Gasteiger partial charge in [-0.3, -0.25) is 5.32 Å². The zero-order chi connectivity index (χ0) is 8.60. The van der Waals surface area contributed by atoms with Gasteiger partial charge >= 0.3 is 0 Å². The maximum absolute atomic E-state index is 11.4. The maximum Gasteiger partial charge on any atom is 0.157 e. The average molecular weight is 191 g/mol. The van der Waals surface area contributed by atoms with Gasteiger partial charge in [-0.1, -0.05) is 0 Å². The van der Waals surface area contributed by atoms with Crippen LogP contribution in [-0.2, 0) is 14.6 Å². The highest BCUT2D eigenvalue weighted by Gasteiger charge is 2.39. The second kappa shape index (κ2) is 2.97. The van der Waals surface area contributed by atoms with Gasteiger partial charge in [0.15, 0.2) is 9.84 Å².